The Kier molecular flexibility index (Phi) is 4.49. The van der Waals surface area contributed by atoms with E-state index in [0.717, 1.165) is 30.2 Å². The van der Waals surface area contributed by atoms with E-state index < -0.39 is 0 Å². The molecule has 24 heavy (non-hydrogen) atoms. The lowest BCUT2D eigenvalue weighted by Gasteiger charge is -2.51. The van der Waals surface area contributed by atoms with Gasteiger partial charge in [-0.3, -0.25) is 0 Å². The van der Waals surface area contributed by atoms with Crippen molar-refractivity contribution in [1.29, 1.82) is 0 Å². The van der Waals surface area contributed by atoms with Crippen molar-refractivity contribution < 1.29 is 0 Å². The number of rotatable bonds is 4. The Morgan fingerprint density at radius 1 is 1.17 bits per heavy atom. The zero-order valence-electron chi connectivity index (χ0n) is 15.9. The second kappa shape index (κ2) is 6.48. The summed E-state index contributed by atoms with van der Waals surface area (Å²) in [6.07, 6.45) is 11.5. The van der Waals surface area contributed by atoms with Crippen LogP contribution in [-0.4, -0.2) is 7.05 Å². The lowest BCUT2D eigenvalue weighted by molar-refractivity contribution is 0.0324. The molecule has 2 saturated carbocycles. The van der Waals surface area contributed by atoms with Crippen molar-refractivity contribution in [3.8, 4) is 0 Å². The summed E-state index contributed by atoms with van der Waals surface area (Å²) in [5, 5.41) is 3.30. The summed E-state index contributed by atoms with van der Waals surface area (Å²) in [4.78, 5) is 0. The van der Waals surface area contributed by atoms with Crippen LogP contribution in [0.2, 0.25) is 0 Å². The van der Waals surface area contributed by atoms with E-state index in [0.29, 0.717) is 5.41 Å². The average Bonchev–Trinajstić information content (AvgIpc) is 2.92. The van der Waals surface area contributed by atoms with Gasteiger partial charge in [-0.2, -0.15) is 0 Å². The first kappa shape index (κ1) is 16.6. The Morgan fingerprint density at radius 3 is 2.79 bits per heavy atom. The van der Waals surface area contributed by atoms with Gasteiger partial charge in [0.05, 0.1) is 0 Å². The Labute approximate surface area is 148 Å². The van der Waals surface area contributed by atoms with Crippen molar-refractivity contribution in [2.75, 3.05) is 7.05 Å². The third kappa shape index (κ3) is 2.64. The van der Waals surface area contributed by atoms with E-state index in [1.807, 2.05) is 7.05 Å². The minimum atomic E-state index is 0.657. The van der Waals surface area contributed by atoms with Crippen LogP contribution >= 0.6 is 0 Å². The van der Waals surface area contributed by atoms with E-state index >= 15 is 0 Å². The normalized spacial score (nSPS) is 37.6. The van der Waals surface area contributed by atoms with Crippen molar-refractivity contribution in [2.24, 2.45) is 23.2 Å². The van der Waals surface area contributed by atoms with E-state index in [1.54, 1.807) is 11.1 Å². The van der Waals surface area contributed by atoms with Gasteiger partial charge in [0.2, 0.25) is 0 Å². The molecule has 3 aliphatic carbocycles. The number of aryl methyl sites for hydroxylation is 1. The topological polar surface area (TPSA) is 12.0 Å². The maximum Gasteiger partial charge on any atom is 0.0202 e. The molecule has 0 heterocycles. The molecular weight excluding hydrogens is 290 g/mol. The molecule has 5 atom stereocenters. The molecule has 1 N–H and O–H groups in total. The predicted octanol–water partition coefficient (Wildman–Crippen LogP) is 5.68. The summed E-state index contributed by atoms with van der Waals surface area (Å²) >= 11 is 0. The summed E-state index contributed by atoms with van der Waals surface area (Å²) in [7, 11) is 2.05. The first-order valence-electron chi connectivity index (χ1n) is 10.4. The summed E-state index contributed by atoms with van der Waals surface area (Å²) < 4.78 is 0. The van der Waals surface area contributed by atoms with E-state index in [4.69, 9.17) is 0 Å². The zero-order chi connectivity index (χ0) is 16.7. The van der Waals surface area contributed by atoms with E-state index in [9.17, 15) is 0 Å². The lowest BCUT2D eigenvalue weighted by atomic mass is 9.54. The Bertz CT molecular complexity index is 592. The molecule has 132 valence electrons. The summed E-state index contributed by atoms with van der Waals surface area (Å²) in [5.74, 6) is 3.83. The molecule has 2 fully saturated rings. The van der Waals surface area contributed by atoms with Crippen LogP contribution in [0.15, 0.2) is 18.2 Å². The fourth-order valence-electron chi connectivity index (χ4n) is 6.87. The van der Waals surface area contributed by atoms with E-state index in [2.05, 4.69) is 37.4 Å². The number of nitrogens with one attached hydrogen (secondary N) is 1. The third-order valence-corrected chi connectivity index (χ3v) is 7.80. The number of hydrogen-bond acceptors (Lipinski definition) is 1. The summed E-state index contributed by atoms with van der Waals surface area (Å²) in [6, 6.07) is 7.36. The first-order chi connectivity index (χ1) is 11.7. The second-order valence-electron chi connectivity index (χ2n) is 9.18. The molecular formula is C23H35N. The lowest BCUT2D eigenvalue weighted by Crippen LogP contribution is -2.42. The molecule has 1 aromatic carbocycles. The fourth-order valence-corrected chi connectivity index (χ4v) is 6.87. The smallest absolute Gasteiger partial charge is 0.0202 e. The molecule has 1 heteroatoms. The van der Waals surface area contributed by atoms with Crippen LogP contribution in [-0.2, 0) is 13.0 Å². The highest BCUT2D eigenvalue weighted by Gasteiger charge is 2.53. The van der Waals surface area contributed by atoms with Gasteiger partial charge in [0.25, 0.3) is 0 Å². The van der Waals surface area contributed by atoms with Crippen molar-refractivity contribution in [2.45, 2.75) is 77.7 Å². The molecule has 0 amide bonds. The zero-order valence-corrected chi connectivity index (χ0v) is 15.9. The van der Waals surface area contributed by atoms with Gasteiger partial charge in [0, 0.05) is 6.54 Å². The highest BCUT2D eigenvalue weighted by Crippen LogP contribution is 2.63. The number of benzene rings is 1. The molecule has 0 saturated heterocycles. The first-order valence-corrected chi connectivity index (χ1v) is 10.4. The minimum absolute atomic E-state index is 0.657. The van der Waals surface area contributed by atoms with Crippen LogP contribution in [0.3, 0.4) is 0 Å². The molecule has 4 rings (SSSR count). The largest absolute Gasteiger partial charge is 0.316 e. The van der Waals surface area contributed by atoms with Crippen molar-refractivity contribution in [1.82, 2.24) is 5.32 Å². The second-order valence-corrected chi connectivity index (χ2v) is 9.18. The van der Waals surface area contributed by atoms with Gasteiger partial charge in [-0.05, 0) is 91.3 Å². The van der Waals surface area contributed by atoms with E-state index in [1.165, 1.54) is 56.9 Å². The molecule has 0 aromatic heterocycles. The SMILES string of the molecule is CCCC1CCC2(C)CCC3c4ccc(CNC)cc4CCC3C12. The van der Waals surface area contributed by atoms with Crippen LogP contribution in [0.25, 0.3) is 0 Å². The van der Waals surface area contributed by atoms with Gasteiger partial charge in [-0.1, -0.05) is 44.9 Å². The summed E-state index contributed by atoms with van der Waals surface area (Å²) in [5.41, 5.74) is 5.50. The predicted molar refractivity (Wildman–Crippen MR) is 102 cm³/mol. The quantitative estimate of drug-likeness (QED) is 0.751. The van der Waals surface area contributed by atoms with Gasteiger partial charge in [-0.15, -0.1) is 0 Å². The van der Waals surface area contributed by atoms with Crippen LogP contribution in [0.5, 0.6) is 0 Å². The van der Waals surface area contributed by atoms with Crippen molar-refractivity contribution in [3.63, 3.8) is 0 Å². The Balaban J connectivity index is 1.64. The molecule has 0 radical (unpaired) electrons. The molecule has 5 unspecified atom stereocenters. The molecule has 1 aromatic rings. The molecule has 0 bridgehead atoms. The van der Waals surface area contributed by atoms with Crippen molar-refractivity contribution in [3.05, 3.63) is 34.9 Å². The van der Waals surface area contributed by atoms with Crippen LogP contribution in [0, 0.1) is 23.2 Å². The third-order valence-electron chi connectivity index (χ3n) is 7.80. The molecule has 0 spiro atoms. The van der Waals surface area contributed by atoms with Crippen LogP contribution < -0.4 is 5.32 Å². The monoisotopic (exact) mass is 325 g/mol. The summed E-state index contributed by atoms with van der Waals surface area (Å²) in [6.45, 7) is 6.02. The van der Waals surface area contributed by atoms with Crippen LogP contribution in [0.1, 0.15) is 81.4 Å². The Hall–Kier alpha value is -0.820. The fraction of sp³-hybridized carbons (Fsp3) is 0.739. The van der Waals surface area contributed by atoms with Gasteiger partial charge in [-0.25, -0.2) is 0 Å². The van der Waals surface area contributed by atoms with Gasteiger partial charge in [0.15, 0.2) is 0 Å². The molecule has 0 aliphatic heterocycles. The van der Waals surface area contributed by atoms with Gasteiger partial charge in [0.1, 0.15) is 0 Å². The van der Waals surface area contributed by atoms with Crippen molar-refractivity contribution >= 4 is 0 Å². The highest BCUT2D eigenvalue weighted by molar-refractivity contribution is 5.38. The average molecular weight is 326 g/mol. The van der Waals surface area contributed by atoms with Crippen LogP contribution in [0.4, 0.5) is 0 Å². The van der Waals surface area contributed by atoms with Gasteiger partial charge >= 0.3 is 0 Å². The molecule has 3 aliphatic rings. The van der Waals surface area contributed by atoms with E-state index in [-0.39, 0.29) is 0 Å². The Morgan fingerprint density at radius 2 is 2.00 bits per heavy atom. The van der Waals surface area contributed by atoms with Gasteiger partial charge < -0.3 is 5.32 Å². The number of fused-ring (bicyclic) bond motifs is 5. The maximum absolute atomic E-state index is 3.30. The maximum atomic E-state index is 3.30. The molecule has 1 nitrogen and oxygen atoms in total. The standard InChI is InChI=1S/C23H35N/c1-4-5-17-10-12-23(2)13-11-20-19-8-6-16(15-24-3)14-18(19)7-9-21(20)22(17)23/h6,8,14,17,20-22,24H,4-5,7,9-13,15H2,1-3H3. The highest BCUT2D eigenvalue weighted by atomic mass is 14.8. The minimum Gasteiger partial charge on any atom is -0.316 e. The number of hydrogen-bond donors (Lipinski definition) is 1.